The van der Waals surface area contributed by atoms with E-state index >= 15 is 0 Å². The second-order valence-electron chi connectivity index (χ2n) is 4.01. The average Bonchev–Trinajstić information content (AvgIpc) is 2.18. The molecule has 1 atom stereocenters. The minimum absolute atomic E-state index is 0.821. The molecule has 0 spiro atoms. The fourth-order valence-electron chi connectivity index (χ4n) is 2.18. The first-order valence-electron chi connectivity index (χ1n) is 5.32. The van der Waals surface area contributed by atoms with E-state index < -0.39 is 0 Å². The van der Waals surface area contributed by atoms with Gasteiger partial charge in [0.05, 0.1) is 5.69 Å². The van der Waals surface area contributed by atoms with Gasteiger partial charge in [0.15, 0.2) is 0 Å². The monoisotopic (exact) mass is 253 g/mol. The van der Waals surface area contributed by atoms with Gasteiger partial charge in [0.1, 0.15) is 0 Å². The summed E-state index contributed by atoms with van der Waals surface area (Å²) in [6.07, 6.45) is 3.85. The largest absolute Gasteiger partial charge is 0.384 e. The molecule has 2 rings (SSSR count). The van der Waals surface area contributed by atoms with Gasteiger partial charge in [-0.05, 0) is 46.3 Å². The SMILES string of the molecule is CCCC1CNc2c(Br)cccc2C1. The standard InChI is InChI=1S/C12H16BrN/c1-2-4-9-7-10-5-3-6-11(13)12(10)14-8-9/h3,5-6,9,14H,2,4,7-8H2,1H3. The third kappa shape index (κ3) is 1.95. The lowest BCUT2D eigenvalue weighted by Gasteiger charge is -2.26. The van der Waals surface area contributed by atoms with Crippen LogP contribution in [-0.2, 0) is 6.42 Å². The first kappa shape index (κ1) is 10.0. The number of para-hydroxylation sites is 1. The van der Waals surface area contributed by atoms with E-state index in [2.05, 4.69) is 46.4 Å². The van der Waals surface area contributed by atoms with Gasteiger partial charge in [-0.2, -0.15) is 0 Å². The van der Waals surface area contributed by atoms with Crippen LogP contribution in [0.15, 0.2) is 22.7 Å². The summed E-state index contributed by atoms with van der Waals surface area (Å²) in [5.41, 5.74) is 2.77. The van der Waals surface area contributed by atoms with E-state index in [1.807, 2.05) is 0 Å². The van der Waals surface area contributed by atoms with Gasteiger partial charge in [0.25, 0.3) is 0 Å². The average molecular weight is 254 g/mol. The zero-order valence-corrected chi connectivity index (χ0v) is 10.1. The summed E-state index contributed by atoms with van der Waals surface area (Å²) in [4.78, 5) is 0. The van der Waals surface area contributed by atoms with Crippen LogP contribution in [-0.4, -0.2) is 6.54 Å². The molecule has 0 radical (unpaired) electrons. The second-order valence-corrected chi connectivity index (χ2v) is 4.87. The molecule has 0 aromatic heterocycles. The summed E-state index contributed by atoms with van der Waals surface area (Å²) in [5.74, 6) is 0.821. The van der Waals surface area contributed by atoms with Crippen molar-refractivity contribution >= 4 is 21.6 Å². The highest BCUT2D eigenvalue weighted by molar-refractivity contribution is 9.10. The number of nitrogens with one attached hydrogen (secondary N) is 1. The van der Waals surface area contributed by atoms with Gasteiger partial charge in [-0.1, -0.05) is 25.5 Å². The van der Waals surface area contributed by atoms with Gasteiger partial charge >= 0.3 is 0 Å². The van der Waals surface area contributed by atoms with Gasteiger partial charge in [-0.25, -0.2) is 0 Å². The fourth-order valence-corrected chi connectivity index (χ4v) is 2.73. The Morgan fingerprint density at radius 3 is 3.14 bits per heavy atom. The van der Waals surface area contributed by atoms with Gasteiger partial charge < -0.3 is 5.32 Å². The first-order valence-corrected chi connectivity index (χ1v) is 6.11. The third-order valence-electron chi connectivity index (χ3n) is 2.87. The van der Waals surface area contributed by atoms with Crippen molar-refractivity contribution in [2.75, 3.05) is 11.9 Å². The summed E-state index contributed by atoms with van der Waals surface area (Å²) in [7, 11) is 0. The maximum Gasteiger partial charge on any atom is 0.0517 e. The zero-order chi connectivity index (χ0) is 9.97. The molecule has 1 heterocycles. The van der Waals surface area contributed by atoms with Gasteiger partial charge in [-0.3, -0.25) is 0 Å². The van der Waals surface area contributed by atoms with Crippen molar-refractivity contribution in [2.45, 2.75) is 26.2 Å². The Hall–Kier alpha value is -0.500. The Morgan fingerprint density at radius 2 is 2.36 bits per heavy atom. The lowest BCUT2D eigenvalue weighted by molar-refractivity contribution is 0.489. The molecular weight excluding hydrogens is 238 g/mol. The number of fused-ring (bicyclic) bond motifs is 1. The molecule has 2 heteroatoms. The zero-order valence-electron chi connectivity index (χ0n) is 8.52. The van der Waals surface area contributed by atoms with Crippen LogP contribution in [0.1, 0.15) is 25.3 Å². The van der Waals surface area contributed by atoms with Crippen molar-refractivity contribution < 1.29 is 0 Å². The predicted molar refractivity (Wildman–Crippen MR) is 64.7 cm³/mol. The molecule has 0 aliphatic carbocycles. The molecule has 1 unspecified atom stereocenters. The molecule has 76 valence electrons. The summed E-state index contributed by atoms with van der Waals surface area (Å²) in [5, 5.41) is 3.52. The molecular formula is C12H16BrN. The van der Waals surface area contributed by atoms with Crippen molar-refractivity contribution in [1.29, 1.82) is 0 Å². The lowest BCUT2D eigenvalue weighted by Crippen LogP contribution is -2.23. The minimum atomic E-state index is 0.821. The van der Waals surface area contributed by atoms with Crippen molar-refractivity contribution in [3.8, 4) is 0 Å². The summed E-state index contributed by atoms with van der Waals surface area (Å²) in [6, 6.07) is 6.46. The number of benzene rings is 1. The van der Waals surface area contributed by atoms with Crippen LogP contribution in [0.4, 0.5) is 5.69 Å². The third-order valence-corrected chi connectivity index (χ3v) is 3.53. The predicted octanol–water partition coefficient (Wildman–Crippen LogP) is 3.83. The molecule has 0 bridgehead atoms. The number of rotatable bonds is 2. The Bertz CT molecular complexity index is 322. The highest BCUT2D eigenvalue weighted by Crippen LogP contribution is 2.32. The molecule has 1 aromatic rings. The number of anilines is 1. The van der Waals surface area contributed by atoms with Crippen LogP contribution in [0.2, 0.25) is 0 Å². The summed E-state index contributed by atoms with van der Waals surface area (Å²) < 4.78 is 1.20. The highest BCUT2D eigenvalue weighted by atomic mass is 79.9. The molecule has 1 aromatic carbocycles. The first-order chi connectivity index (χ1) is 6.81. The van der Waals surface area contributed by atoms with Crippen LogP contribution < -0.4 is 5.32 Å². The lowest BCUT2D eigenvalue weighted by atomic mass is 9.91. The number of halogens is 1. The van der Waals surface area contributed by atoms with Gasteiger partial charge in [0.2, 0.25) is 0 Å². The number of hydrogen-bond donors (Lipinski definition) is 1. The van der Waals surface area contributed by atoms with Crippen molar-refractivity contribution in [1.82, 2.24) is 0 Å². The van der Waals surface area contributed by atoms with E-state index in [1.165, 1.54) is 35.0 Å². The van der Waals surface area contributed by atoms with E-state index in [4.69, 9.17) is 0 Å². The molecule has 1 aliphatic heterocycles. The number of hydrogen-bond acceptors (Lipinski definition) is 1. The Morgan fingerprint density at radius 1 is 1.50 bits per heavy atom. The van der Waals surface area contributed by atoms with E-state index in [9.17, 15) is 0 Å². The van der Waals surface area contributed by atoms with Crippen molar-refractivity contribution in [2.24, 2.45) is 5.92 Å². The van der Waals surface area contributed by atoms with Crippen molar-refractivity contribution in [3.05, 3.63) is 28.2 Å². The topological polar surface area (TPSA) is 12.0 Å². The van der Waals surface area contributed by atoms with Crippen LogP contribution in [0, 0.1) is 5.92 Å². The van der Waals surface area contributed by atoms with E-state index in [0.717, 1.165) is 12.5 Å². The Kier molecular flexibility index (Phi) is 3.12. The molecule has 0 saturated heterocycles. The van der Waals surface area contributed by atoms with Crippen molar-refractivity contribution in [3.63, 3.8) is 0 Å². The fraction of sp³-hybridized carbons (Fsp3) is 0.500. The second kappa shape index (κ2) is 4.35. The summed E-state index contributed by atoms with van der Waals surface area (Å²) >= 11 is 3.58. The molecule has 1 N–H and O–H groups in total. The van der Waals surface area contributed by atoms with Crippen LogP contribution in [0.3, 0.4) is 0 Å². The molecule has 0 amide bonds. The van der Waals surface area contributed by atoms with Crippen LogP contribution in [0.25, 0.3) is 0 Å². The molecule has 1 aliphatic rings. The van der Waals surface area contributed by atoms with Crippen LogP contribution >= 0.6 is 15.9 Å². The van der Waals surface area contributed by atoms with E-state index in [-0.39, 0.29) is 0 Å². The quantitative estimate of drug-likeness (QED) is 0.845. The molecule has 0 saturated carbocycles. The van der Waals surface area contributed by atoms with Crippen LogP contribution in [0.5, 0.6) is 0 Å². The van der Waals surface area contributed by atoms with E-state index in [0.29, 0.717) is 0 Å². The summed E-state index contributed by atoms with van der Waals surface area (Å²) in [6.45, 7) is 3.39. The Balaban J connectivity index is 2.18. The molecule has 0 fully saturated rings. The highest BCUT2D eigenvalue weighted by Gasteiger charge is 2.18. The smallest absolute Gasteiger partial charge is 0.0517 e. The van der Waals surface area contributed by atoms with Gasteiger partial charge in [-0.15, -0.1) is 0 Å². The normalized spacial score (nSPS) is 20.0. The maximum absolute atomic E-state index is 3.58. The molecule has 1 nitrogen and oxygen atoms in total. The Labute approximate surface area is 94.0 Å². The van der Waals surface area contributed by atoms with Gasteiger partial charge in [0, 0.05) is 11.0 Å². The molecule has 14 heavy (non-hydrogen) atoms. The minimum Gasteiger partial charge on any atom is -0.384 e. The van der Waals surface area contributed by atoms with E-state index in [1.54, 1.807) is 0 Å². The maximum atomic E-state index is 3.58.